The second-order valence-corrected chi connectivity index (χ2v) is 11.1. The lowest BCUT2D eigenvalue weighted by atomic mass is 9.75. The average molecular weight is 564 g/mol. The van der Waals surface area contributed by atoms with E-state index in [4.69, 9.17) is 9.47 Å². The Morgan fingerprint density at radius 1 is 1.18 bits per heavy atom. The van der Waals surface area contributed by atoms with Crippen LogP contribution in [0.5, 0.6) is 5.75 Å². The zero-order valence-corrected chi connectivity index (χ0v) is 20.1. The molecule has 2 aromatic rings. The lowest BCUT2D eigenvalue weighted by molar-refractivity contribution is -0.157. The number of carbonyl (C=O) groups is 1. The van der Waals surface area contributed by atoms with Crippen molar-refractivity contribution in [3.05, 3.63) is 52.5 Å². The van der Waals surface area contributed by atoms with Crippen molar-refractivity contribution in [1.82, 2.24) is 0 Å². The van der Waals surface area contributed by atoms with Gasteiger partial charge >= 0.3 is 12.1 Å². The van der Waals surface area contributed by atoms with Crippen molar-refractivity contribution in [2.75, 3.05) is 24.1 Å². The number of ether oxygens (including phenoxy) is 2. The Bertz CT molecular complexity index is 1200. The summed E-state index contributed by atoms with van der Waals surface area (Å²) in [6, 6.07) is 8.20. The Morgan fingerprint density at radius 3 is 2.53 bits per heavy atom. The molecule has 1 unspecified atom stereocenters. The van der Waals surface area contributed by atoms with Crippen molar-refractivity contribution < 1.29 is 41.0 Å². The molecule has 0 aliphatic carbocycles. The van der Waals surface area contributed by atoms with Crippen molar-refractivity contribution in [2.45, 2.75) is 36.4 Å². The van der Waals surface area contributed by atoms with E-state index in [1.807, 2.05) is 0 Å². The van der Waals surface area contributed by atoms with Gasteiger partial charge in [-0.15, -0.1) is 0 Å². The number of sulfonamides is 1. The maximum Gasteiger partial charge on any atom is 0.416 e. The molecule has 0 aromatic heterocycles. The van der Waals surface area contributed by atoms with Crippen LogP contribution in [-0.2, 0) is 25.7 Å². The minimum atomic E-state index is -4.71. The summed E-state index contributed by atoms with van der Waals surface area (Å²) in [6.07, 6.45) is -5.03. The van der Waals surface area contributed by atoms with E-state index < -0.39 is 44.1 Å². The fraction of sp³-hybridized carbons (Fsp3) is 0.409. The van der Waals surface area contributed by atoms with E-state index in [1.54, 1.807) is 6.07 Å². The van der Waals surface area contributed by atoms with Crippen molar-refractivity contribution in [2.24, 2.45) is 5.41 Å². The van der Waals surface area contributed by atoms with Crippen molar-refractivity contribution in [3.63, 3.8) is 0 Å². The van der Waals surface area contributed by atoms with Gasteiger partial charge in [-0.05, 0) is 49.2 Å². The van der Waals surface area contributed by atoms with Gasteiger partial charge < -0.3 is 14.6 Å². The molecule has 2 aliphatic rings. The maximum atomic E-state index is 13.5. The van der Waals surface area contributed by atoms with Crippen LogP contribution in [-0.4, -0.2) is 45.4 Å². The number of hydrogen-bond donors (Lipinski definition) is 1. The van der Waals surface area contributed by atoms with Crippen LogP contribution in [0, 0.1) is 5.41 Å². The molecule has 4 rings (SSSR count). The molecule has 0 saturated carbocycles. The summed E-state index contributed by atoms with van der Waals surface area (Å²) in [5, 5.41) is 9.91. The van der Waals surface area contributed by atoms with Gasteiger partial charge in [0.1, 0.15) is 11.9 Å². The monoisotopic (exact) mass is 563 g/mol. The predicted molar refractivity (Wildman–Crippen MR) is 119 cm³/mol. The molecule has 1 fully saturated rings. The summed E-state index contributed by atoms with van der Waals surface area (Å²) < 4.78 is 79.6. The average Bonchev–Trinajstić information content (AvgIpc) is 2.79. The Balaban J connectivity index is 1.74. The lowest BCUT2D eigenvalue weighted by Gasteiger charge is -2.40. The first-order chi connectivity index (χ1) is 15.9. The third-order valence-electron chi connectivity index (χ3n) is 6.12. The number of anilines is 1. The second-order valence-electron chi connectivity index (χ2n) is 8.32. The Kier molecular flexibility index (Phi) is 6.60. The minimum absolute atomic E-state index is 0.0236. The highest BCUT2D eigenvalue weighted by Crippen LogP contribution is 2.43. The van der Waals surface area contributed by atoms with E-state index in [2.05, 4.69) is 15.9 Å². The molecule has 0 spiro atoms. The Morgan fingerprint density at radius 2 is 1.88 bits per heavy atom. The van der Waals surface area contributed by atoms with E-state index in [0.29, 0.717) is 10.5 Å². The number of nitrogens with zero attached hydrogens (tertiary/aromatic N) is 1. The molecule has 2 heterocycles. The predicted octanol–water partition coefficient (Wildman–Crippen LogP) is 4.70. The number of carboxylic acids is 1. The summed E-state index contributed by atoms with van der Waals surface area (Å²) in [7, 11) is -4.43. The Hall–Kier alpha value is -2.31. The third-order valence-corrected chi connectivity index (χ3v) is 8.39. The molecule has 184 valence electrons. The van der Waals surface area contributed by atoms with Gasteiger partial charge in [0.15, 0.2) is 0 Å². The van der Waals surface area contributed by atoms with Gasteiger partial charge in [0.25, 0.3) is 10.0 Å². The van der Waals surface area contributed by atoms with E-state index in [9.17, 15) is 31.5 Å². The smallest absolute Gasteiger partial charge is 0.416 e. The second kappa shape index (κ2) is 9.04. The summed E-state index contributed by atoms with van der Waals surface area (Å²) in [4.78, 5) is 11.6. The van der Waals surface area contributed by atoms with Gasteiger partial charge in [0, 0.05) is 24.1 Å². The van der Waals surface area contributed by atoms with Crippen molar-refractivity contribution in [3.8, 4) is 5.75 Å². The maximum absolute atomic E-state index is 13.5. The molecule has 1 atom stereocenters. The van der Waals surface area contributed by atoms with Crippen LogP contribution in [0.25, 0.3) is 0 Å². The SMILES string of the molecule is O=C(O)C1(CC2CN(S(=O)(=O)c3cccc(C(F)(F)F)c3)c3cc(Br)ccc3O2)CCOCC1. The first-order valence-corrected chi connectivity index (χ1v) is 12.6. The number of fused-ring (bicyclic) bond motifs is 1. The molecule has 0 bridgehead atoms. The van der Waals surface area contributed by atoms with E-state index in [-0.39, 0.29) is 50.5 Å². The molecule has 34 heavy (non-hydrogen) atoms. The Labute approximate surface area is 202 Å². The summed E-state index contributed by atoms with van der Waals surface area (Å²) >= 11 is 3.28. The van der Waals surface area contributed by atoms with Gasteiger partial charge in [-0.1, -0.05) is 22.0 Å². The van der Waals surface area contributed by atoms with Gasteiger partial charge in [0.05, 0.1) is 28.1 Å². The summed E-state index contributed by atoms with van der Waals surface area (Å²) in [5.41, 5.74) is -2.08. The lowest BCUT2D eigenvalue weighted by Crippen LogP contribution is -2.48. The highest BCUT2D eigenvalue weighted by Gasteiger charge is 2.45. The van der Waals surface area contributed by atoms with E-state index >= 15 is 0 Å². The molecular weight excluding hydrogens is 543 g/mol. The molecular formula is C22H21BrF3NO6S. The number of aliphatic carboxylic acids is 1. The zero-order chi connectivity index (χ0) is 24.7. The molecule has 2 aliphatic heterocycles. The zero-order valence-electron chi connectivity index (χ0n) is 17.7. The number of halogens is 4. The largest absolute Gasteiger partial charge is 0.486 e. The van der Waals surface area contributed by atoms with Crippen molar-refractivity contribution in [1.29, 1.82) is 0 Å². The van der Waals surface area contributed by atoms with Crippen molar-refractivity contribution >= 4 is 37.6 Å². The fourth-order valence-corrected chi connectivity index (χ4v) is 6.18. The van der Waals surface area contributed by atoms with E-state index in [1.165, 1.54) is 12.1 Å². The number of hydrogen-bond acceptors (Lipinski definition) is 5. The summed E-state index contributed by atoms with van der Waals surface area (Å²) in [5.74, 6) is -0.823. The fourth-order valence-electron chi connectivity index (χ4n) is 4.28. The minimum Gasteiger partial charge on any atom is -0.486 e. The molecule has 7 nitrogen and oxygen atoms in total. The topological polar surface area (TPSA) is 93.1 Å². The normalized spacial score (nSPS) is 20.4. The highest BCUT2D eigenvalue weighted by molar-refractivity contribution is 9.10. The number of rotatable bonds is 5. The first-order valence-electron chi connectivity index (χ1n) is 10.4. The van der Waals surface area contributed by atoms with Gasteiger partial charge in [-0.25, -0.2) is 8.42 Å². The van der Waals surface area contributed by atoms with Gasteiger partial charge in [0.2, 0.25) is 0 Å². The molecule has 0 amide bonds. The quantitative estimate of drug-likeness (QED) is 0.567. The number of benzene rings is 2. The third kappa shape index (κ3) is 4.76. The number of carboxylic acid groups (broad SMARTS) is 1. The standard InChI is InChI=1S/C22H21BrF3NO6S/c23-15-4-5-19-18(11-15)27(34(30,31)17-3-1-2-14(10-17)22(24,25)26)13-16(33-19)12-21(20(28)29)6-8-32-9-7-21/h1-5,10-11,16H,6-9,12-13H2,(H,28,29). The highest BCUT2D eigenvalue weighted by atomic mass is 79.9. The van der Waals surface area contributed by atoms with Gasteiger partial charge in [-0.3, -0.25) is 9.10 Å². The van der Waals surface area contributed by atoms with Crippen LogP contribution in [0.3, 0.4) is 0 Å². The van der Waals surface area contributed by atoms with Gasteiger partial charge in [-0.2, -0.15) is 13.2 Å². The molecule has 2 aromatic carbocycles. The molecule has 1 N–H and O–H groups in total. The molecule has 1 saturated heterocycles. The first kappa shape index (κ1) is 24.8. The van der Waals surface area contributed by atoms with Crippen LogP contribution in [0.2, 0.25) is 0 Å². The van der Waals surface area contributed by atoms with Crippen LogP contribution >= 0.6 is 15.9 Å². The van der Waals surface area contributed by atoms with E-state index in [0.717, 1.165) is 22.5 Å². The number of alkyl halides is 3. The van der Waals surface area contributed by atoms with Crippen LogP contribution < -0.4 is 9.04 Å². The van der Waals surface area contributed by atoms with Crippen LogP contribution in [0.15, 0.2) is 51.8 Å². The molecule has 0 radical (unpaired) electrons. The van der Waals surface area contributed by atoms with Crippen LogP contribution in [0.4, 0.5) is 18.9 Å². The van der Waals surface area contributed by atoms with Crippen LogP contribution in [0.1, 0.15) is 24.8 Å². The molecule has 12 heteroatoms. The summed E-state index contributed by atoms with van der Waals surface area (Å²) in [6.45, 7) is 0.265.